The monoisotopic (exact) mass is 238 g/mol. The van der Waals surface area contributed by atoms with E-state index in [0.717, 1.165) is 0 Å². The van der Waals surface area contributed by atoms with Gasteiger partial charge in [-0.05, 0) is 12.1 Å². The van der Waals surface area contributed by atoms with E-state index in [1.165, 1.54) is 0 Å². The first-order valence-corrected chi connectivity index (χ1v) is 6.34. The summed E-state index contributed by atoms with van der Waals surface area (Å²) in [7, 11) is -3.26. The average molecular weight is 238 g/mol. The van der Waals surface area contributed by atoms with Crippen LogP contribution in [-0.2, 0) is 16.3 Å². The smallest absolute Gasteiger partial charge is 0.178 e. The zero-order valence-electron chi connectivity index (χ0n) is 8.37. The molecule has 0 saturated heterocycles. The number of aromatic nitrogens is 4. The summed E-state index contributed by atoms with van der Waals surface area (Å²) in [5.41, 5.74) is 0. The highest BCUT2D eigenvalue weighted by Crippen LogP contribution is 2.10. The van der Waals surface area contributed by atoms with E-state index in [9.17, 15) is 8.42 Å². The molecule has 1 N–H and O–H groups in total. The predicted molar refractivity (Wildman–Crippen MR) is 56.4 cm³/mol. The zero-order chi connectivity index (χ0) is 11.4. The fraction of sp³-hybridized carbons (Fsp3) is 0.222. The van der Waals surface area contributed by atoms with Gasteiger partial charge in [-0.15, -0.1) is 10.2 Å². The molecule has 6 nitrogen and oxygen atoms in total. The van der Waals surface area contributed by atoms with Gasteiger partial charge in [-0.25, -0.2) is 8.42 Å². The van der Waals surface area contributed by atoms with Crippen LogP contribution in [0.25, 0.3) is 0 Å². The molecule has 2 rings (SSSR count). The number of aryl methyl sites for hydroxylation is 1. The molecule has 0 aliphatic rings. The summed E-state index contributed by atoms with van der Waals surface area (Å²) < 4.78 is 23.7. The summed E-state index contributed by atoms with van der Waals surface area (Å²) in [6.07, 6.45) is 0.258. The number of sulfone groups is 1. The van der Waals surface area contributed by atoms with Crippen LogP contribution in [0.1, 0.15) is 5.82 Å². The van der Waals surface area contributed by atoms with Gasteiger partial charge in [-0.2, -0.15) is 5.21 Å². The standard InChI is InChI=1S/C9H10N4O2S/c14-16(15,8-4-2-1-3-5-8)7-6-9-10-12-13-11-9/h1-5H,6-7H2,(H,10,11,12,13). The lowest BCUT2D eigenvalue weighted by atomic mass is 10.4. The molecule has 7 heteroatoms. The predicted octanol–water partition coefficient (Wildman–Crippen LogP) is 0.216. The van der Waals surface area contributed by atoms with E-state index in [1.807, 2.05) is 0 Å². The summed E-state index contributed by atoms with van der Waals surface area (Å²) in [5, 5.41) is 13.0. The highest BCUT2D eigenvalue weighted by molar-refractivity contribution is 7.91. The van der Waals surface area contributed by atoms with Gasteiger partial charge in [-0.3, -0.25) is 0 Å². The van der Waals surface area contributed by atoms with Crippen molar-refractivity contribution in [2.45, 2.75) is 11.3 Å². The summed E-state index contributed by atoms with van der Waals surface area (Å²) in [6.45, 7) is 0. The molecule has 0 spiro atoms. The fourth-order valence-corrected chi connectivity index (χ4v) is 2.52. The first-order chi connectivity index (χ1) is 7.68. The number of tetrazole rings is 1. The number of hydrogen-bond acceptors (Lipinski definition) is 5. The highest BCUT2D eigenvalue weighted by atomic mass is 32.2. The molecule has 0 atom stereocenters. The number of nitrogens with zero attached hydrogens (tertiary/aromatic N) is 3. The number of benzene rings is 1. The Morgan fingerprint density at radius 1 is 1.19 bits per heavy atom. The van der Waals surface area contributed by atoms with Crippen molar-refractivity contribution in [3.63, 3.8) is 0 Å². The molecular weight excluding hydrogens is 228 g/mol. The van der Waals surface area contributed by atoms with Gasteiger partial charge >= 0.3 is 0 Å². The molecule has 0 amide bonds. The molecule has 1 aromatic heterocycles. The summed E-state index contributed by atoms with van der Waals surface area (Å²) >= 11 is 0. The van der Waals surface area contributed by atoms with E-state index < -0.39 is 9.84 Å². The first kappa shape index (κ1) is 10.7. The van der Waals surface area contributed by atoms with Crippen molar-refractivity contribution in [1.82, 2.24) is 20.6 Å². The van der Waals surface area contributed by atoms with Crippen molar-refractivity contribution in [2.24, 2.45) is 0 Å². The Morgan fingerprint density at radius 2 is 1.94 bits per heavy atom. The van der Waals surface area contributed by atoms with E-state index in [2.05, 4.69) is 20.6 Å². The first-order valence-electron chi connectivity index (χ1n) is 4.68. The Bertz CT molecular complexity index is 536. The molecule has 16 heavy (non-hydrogen) atoms. The molecule has 0 radical (unpaired) electrons. The van der Waals surface area contributed by atoms with Crippen molar-refractivity contribution in [1.29, 1.82) is 0 Å². The van der Waals surface area contributed by atoms with Gasteiger partial charge in [0.15, 0.2) is 15.7 Å². The van der Waals surface area contributed by atoms with Crippen molar-refractivity contribution >= 4 is 9.84 Å². The maximum Gasteiger partial charge on any atom is 0.178 e. The van der Waals surface area contributed by atoms with Crippen molar-refractivity contribution in [3.8, 4) is 0 Å². The van der Waals surface area contributed by atoms with Gasteiger partial charge in [0.1, 0.15) is 0 Å². The molecule has 0 unspecified atom stereocenters. The molecule has 0 saturated carbocycles. The Balaban J connectivity index is 2.10. The second-order valence-electron chi connectivity index (χ2n) is 3.21. The molecule has 1 heterocycles. The Labute approximate surface area is 92.6 Å². The lowest BCUT2D eigenvalue weighted by molar-refractivity contribution is 0.594. The van der Waals surface area contributed by atoms with Gasteiger partial charge in [0.25, 0.3) is 0 Å². The minimum absolute atomic E-state index is 0.0173. The van der Waals surface area contributed by atoms with Crippen LogP contribution >= 0.6 is 0 Å². The molecule has 1 aromatic carbocycles. The van der Waals surface area contributed by atoms with Crippen LogP contribution in [0, 0.1) is 0 Å². The molecule has 84 valence electrons. The number of rotatable bonds is 4. The zero-order valence-corrected chi connectivity index (χ0v) is 9.18. The maximum atomic E-state index is 11.8. The molecule has 0 fully saturated rings. The molecule has 0 aliphatic heterocycles. The summed E-state index contributed by atoms with van der Waals surface area (Å²) in [6, 6.07) is 8.32. The van der Waals surface area contributed by atoms with E-state index in [4.69, 9.17) is 0 Å². The minimum atomic E-state index is -3.26. The molecule has 0 aliphatic carbocycles. The lowest BCUT2D eigenvalue weighted by Gasteiger charge is -2.01. The van der Waals surface area contributed by atoms with Crippen molar-refractivity contribution < 1.29 is 8.42 Å². The summed E-state index contributed by atoms with van der Waals surface area (Å²) in [5.74, 6) is 0.385. The number of hydrogen-bond donors (Lipinski definition) is 1. The normalized spacial score (nSPS) is 11.5. The van der Waals surface area contributed by atoms with Crippen molar-refractivity contribution in [3.05, 3.63) is 36.2 Å². The van der Waals surface area contributed by atoms with Gasteiger partial charge < -0.3 is 0 Å². The van der Waals surface area contributed by atoms with E-state index in [-0.39, 0.29) is 12.2 Å². The molecule has 0 bridgehead atoms. The Hall–Kier alpha value is -1.76. The van der Waals surface area contributed by atoms with Gasteiger partial charge in [0, 0.05) is 6.42 Å². The second-order valence-corrected chi connectivity index (χ2v) is 5.32. The Kier molecular flexibility index (Phi) is 2.95. The van der Waals surface area contributed by atoms with Crippen LogP contribution in [-0.4, -0.2) is 34.8 Å². The molecule has 2 aromatic rings. The van der Waals surface area contributed by atoms with Crippen molar-refractivity contribution in [2.75, 3.05) is 5.75 Å². The van der Waals surface area contributed by atoms with Gasteiger partial charge in [-0.1, -0.05) is 23.4 Å². The average Bonchev–Trinajstić information content (AvgIpc) is 2.81. The third kappa shape index (κ3) is 2.43. The number of H-pyrrole nitrogens is 1. The largest absolute Gasteiger partial charge is 0.224 e. The SMILES string of the molecule is O=S(=O)(CCc1nn[nH]n1)c1ccccc1. The third-order valence-corrected chi connectivity index (χ3v) is 3.82. The second kappa shape index (κ2) is 4.40. The van der Waals surface area contributed by atoms with Crippen LogP contribution in [0.5, 0.6) is 0 Å². The van der Waals surface area contributed by atoms with Crippen LogP contribution in [0.2, 0.25) is 0 Å². The van der Waals surface area contributed by atoms with Crippen LogP contribution in [0.4, 0.5) is 0 Å². The highest BCUT2D eigenvalue weighted by Gasteiger charge is 2.14. The van der Waals surface area contributed by atoms with Gasteiger partial charge in [0.05, 0.1) is 10.6 Å². The molecular formula is C9H10N4O2S. The maximum absolute atomic E-state index is 11.8. The lowest BCUT2D eigenvalue weighted by Crippen LogP contribution is -2.09. The number of nitrogens with one attached hydrogen (secondary N) is 1. The minimum Gasteiger partial charge on any atom is -0.224 e. The Morgan fingerprint density at radius 3 is 2.56 bits per heavy atom. The van der Waals surface area contributed by atoms with Crippen LogP contribution in [0.3, 0.4) is 0 Å². The topological polar surface area (TPSA) is 88.6 Å². The fourth-order valence-electron chi connectivity index (χ4n) is 1.26. The summed E-state index contributed by atoms with van der Waals surface area (Å²) in [4.78, 5) is 0.318. The number of aromatic amines is 1. The van der Waals surface area contributed by atoms with Gasteiger partial charge in [0.2, 0.25) is 0 Å². The quantitative estimate of drug-likeness (QED) is 0.822. The van der Waals surface area contributed by atoms with Crippen LogP contribution in [0.15, 0.2) is 35.2 Å². The third-order valence-electron chi connectivity index (χ3n) is 2.09. The van der Waals surface area contributed by atoms with Crippen LogP contribution < -0.4 is 0 Å². The van der Waals surface area contributed by atoms with E-state index in [1.54, 1.807) is 30.3 Å². The van der Waals surface area contributed by atoms with E-state index >= 15 is 0 Å². The van der Waals surface area contributed by atoms with E-state index in [0.29, 0.717) is 10.7 Å².